The van der Waals surface area contributed by atoms with E-state index in [-0.39, 0.29) is 11.9 Å². The molecule has 0 aliphatic rings. The molecule has 0 radical (unpaired) electrons. The second-order valence-electron chi connectivity index (χ2n) is 6.31. The molecule has 2 aromatic carbocycles. The fourth-order valence-corrected chi connectivity index (χ4v) is 3.15. The van der Waals surface area contributed by atoms with Gasteiger partial charge in [-0.3, -0.25) is 4.79 Å². The summed E-state index contributed by atoms with van der Waals surface area (Å²) in [5, 5.41) is 8.62. The molecule has 0 saturated carbocycles. The summed E-state index contributed by atoms with van der Waals surface area (Å²) in [6.07, 6.45) is 1.64. The molecular weight excluding hydrogens is 381 g/mol. The van der Waals surface area contributed by atoms with E-state index in [0.29, 0.717) is 27.0 Å². The Morgan fingerprint density at radius 2 is 1.81 bits per heavy atom. The van der Waals surface area contributed by atoms with E-state index >= 15 is 0 Å². The Morgan fingerprint density at radius 1 is 1.15 bits per heavy atom. The van der Waals surface area contributed by atoms with Crippen molar-refractivity contribution >= 4 is 35.2 Å². The minimum atomic E-state index is -0.263. The third-order valence-electron chi connectivity index (χ3n) is 3.96. The molecular formula is C21H19Cl2N3O. The van der Waals surface area contributed by atoms with Crippen LogP contribution in [0.2, 0.25) is 10.0 Å². The first-order chi connectivity index (χ1) is 12.9. The molecule has 0 unspecified atom stereocenters. The van der Waals surface area contributed by atoms with Crippen LogP contribution in [0.4, 0.5) is 0 Å². The van der Waals surface area contributed by atoms with Gasteiger partial charge in [-0.15, -0.1) is 0 Å². The van der Waals surface area contributed by atoms with Crippen LogP contribution in [0.3, 0.4) is 0 Å². The summed E-state index contributed by atoms with van der Waals surface area (Å²) in [7, 11) is 0. The van der Waals surface area contributed by atoms with Crippen LogP contribution in [0, 0.1) is 0 Å². The van der Waals surface area contributed by atoms with E-state index in [1.807, 2.05) is 44.2 Å². The molecule has 3 aromatic rings. The Hall–Kier alpha value is -2.56. The summed E-state index contributed by atoms with van der Waals surface area (Å²) in [5.41, 5.74) is 3.18. The highest BCUT2D eigenvalue weighted by atomic mass is 35.5. The Kier molecular flexibility index (Phi) is 5.68. The maximum Gasteiger partial charge on any atom is 0.272 e. The van der Waals surface area contributed by atoms with Gasteiger partial charge in [0, 0.05) is 22.2 Å². The molecule has 0 spiro atoms. The molecule has 138 valence electrons. The Morgan fingerprint density at radius 3 is 2.41 bits per heavy atom. The second-order valence-corrected chi connectivity index (χ2v) is 7.16. The van der Waals surface area contributed by atoms with Crippen molar-refractivity contribution in [3.05, 3.63) is 76.4 Å². The number of benzene rings is 2. The van der Waals surface area contributed by atoms with Gasteiger partial charge >= 0.3 is 0 Å². The quantitative estimate of drug-likeness (QED) is 0.604. The summed E-state index contributed by atoms with van der Waals surface area (Å²) in [6, 6.07) is 14.7. The average Bonchev–Trinajstić information content (AvgIpc) is 3.01. The summed E-state index contributed by atoms with van der Waals surface area (Å²) in [4.78, 5) is 12.7. The van der Waals surface area contributed by atoms with Crippen molar-refractivity contribution in [2.45, 2.75) is 19.9 Å². The molecule has 0 atom stereocenters. The van der Waals surface area contributed by atoms with Crippen molar-refractivity contribution in [2.24, 2.45) is 0 Å². The van der Waals surface area contributed by atoms with Gasteiger partial charge in [-0.1, -0.05) is 60.1 Å². The van der Waals surface area contributed by atoms with Gasteiger partial charge in [0.2, 0.25) is 0 Å². The molecule has 0 aliphatic heterocycles. The first kappa shape index (κ1) is 19.2. The largest absolute Gasteiger partial charge is 0.348 e. The minimum Gasteiger partial charge on any atom is -0.348 e. The van der Waals surface area contributed by atoms with Crippen LogP contribution in [0.5, 0.6) is 0 Å². The molecule has 6 heteroatoms. The van der Waals surface area contributed by atoms with E-state index in [4.69, 9.17) is 23.2 Å². The van der Waals surface area contributed by atoms with Crippen molar-refractivity contribution in [2.75, 3.05) is 0 Å². The van der Waals surface area contributed by atoms with Gasteiger partial charge in [0.05, 0.1) is 16.4 Å². The standard InChI is InChI=1S/C21H19Cl2N3O/c1-4-16-19(21(27)24-13(2)3)25-26(18-8-6-5-7-17(18)23)20(16)14-9-11-15(22)12-10-14/h4-13H,1H2,2-3H3,(H,24,27). The normalized spacial score (nSPS) is 10.9. The molecule has 0 fully saturated rings. The van der Waals surface area contributed by atoms with Crippen molar-refractivity contribution in [1.29, 1.82) is 0 Å². The van der Waals surface area contributed by atoms with Gasteiger partial charge in [-0.25, -0.2) is 4.68 Å². The third-order valence-corrected chi connectivity index (χ3v) is 4.53. The summed E-state index contributed by atoms with van der Waals surface area (Å²) < 4.78 is 1.68. The van der Waals surface area contributed by atoms with Crippen LogP contribution in [-0.2, 0) is 0 Å². The summed E-state index contributed by atoms with van der Waals surface area (Å²) >= 11 is 12.4. The predicted molar refractivity (Wildman–Crippen MR) is 112 cm³/mol. The predicted octanol–water partition coefficient (Wildman–Crippen LogP) is 5.63. The number of nitrogens with zero attached hydrogens (tertiary/aromatic N) is 2. The van der Waals surface area contributed by atoms with E-state index in [9.17, 15) is 4.79 Å². The lowest BCUT2D eigenvalue weighted by atomic mass is 10.0. The number of rotatable bonds is 5. The Labute approximate surface area is 168 Å². The molecule has 0 aliphatic carbocycles. The van der Waals surface area contributed by atoms with Crippen molar-refractivity contribution < 1.29 is 4.79 Å². The number of halogens is 2. The van der Waals surface area contributed by atoms with Crippen molar-refractivity contribution in [1.82, 2.24) is 15.1 Å². The minimum absolute atomic E-state index is 0.0142. The third kappa shape index (κ3) is 3.92. The SMILES string of the molecule is C=Cc1c(C(=O)NC(C)C)nn(-c2ccccc2Cl)c1-c1ccc(Cl)cc1. The van der Waals surface area contributed by atoms with Gasteiger partial charge in [0.1, 0.15) is 0 Å². The molecule has 27 heavy (non-hydrogen) atoms. The molecule has 0 bridgehead atoms. The smallest absolute Gasteiger partial charge is 0.272 e. The first-order valence-corrected chi connectivity index (χ1v) is 9.25. The average molecular weight is 400 g/mol. The fraction of sp³-hybridized carbons (Fsp3) is 0.143. The topological polar surface area (TPSA) is 46.9 Å². The van der Waals surface area contributed by atoms with Crippen LogP contribution in [0.25, 0.3) is 23.0 Å². The maximum absolute atomic E-state index is 12.7. The zero-order valence-corrected chi connectivity index (χ0v) is 16.6. The monoisotopic (exact) mass is 399 g/mol. The number of carbonyl (C=O) groups is 1. The van der Waals surface area contributed by atoms with Crippen LogP contribution >= 0.6 is 23.2 Å². The fourth-order valence-electron chi connectivity index (χ4n) is 2.81. The van der Waals surface area contributed by atoms with Gasteiger partial charge < -0.3 is 5.32 Å². The number of nitrogens with one attached hydrogen (secondary N) is 1. The molecule has 0 saturated heterocycles. The van der Waals surface area contributed by atoms with Gasteiger partial charge in [0.25, 0.3) is 5.91 Å². The molecule has 1 heterocycles. The highest BCUT2D eigenvalue weighted by Crippen LogP contribution is 2.33. The number of carbonyl (C=O) groups excluding carboxylic acids is 1. The molecule has 4 nitrogen and oxygen atoms in total. The highest BCUT2D eigenvalue weighted by Gasteiger charge is 2.24. The van der Waals surface area contributed by atoms with E-state index in [2.05, 4.69) is 17.0 Å². The first-order valence-electron chi connectivity index (χ1n) is 8.49. The molecule has 1 aromatic heterocycles. The second kappa shape index (κ2) is 7.99. The van der Waals surface area contributed by atoms with Crippen LogP contribution in [0.1, 0.15) is 29.9 Å². The number of hydrogen-bond donors (Lipinski definition) is 1. The van der Waals surface area contributed by atoms with Crippen molar-refractivity contribution in [3.63, 3.8) is 0 Å². The van der Waals surface area contributed by atoms with Crippen LogP contribution in [0.15, 0.2) is 55.1 Å². The molecule has 1 amide bonds. The van der Waals surface area contributed by atoms with E-state index in [0.717, 1.165) is 11.3 Å². The zero-order chi connectivity index (χ0) is 19.6. The van der Waals surface area contributed by atoms with Crippen LogP contribution in [-0.4, -0.2) is 21.7 Å². The van der Waals surface area contributed by atoms with Gasteiger partial charge in [-0.2, -0.15) is 5.10 Å². The number of para-hydroxylation sites is 1. The Balaban J connectivity index is 2.29. The molecule has 3 rings (SSSR count). The van der Waals surface area contributed by atoms with E-state index in [1.54, 1.807) is 29.0 Å². The lowest BCUT2D eigenvalue weighted by molar-refractivity contribution is 0.0937. The van der Waals surface area contributed by atoms with E-state index in [1.165, 1.54) is 0 Å². The number of amides is 1. The van der Waals surface area contributed by atoms with Crippen molar-refractivity contribution in [3.8, 4) is 16.9 Å². The maximum atomic E-state index is 12.7. The lowest BCUT2D eigenvalue weighted by Gasteiger charge is -2.10. The lowest BCUT2D eigenvalue weighted by Crippen LogP contribution is -2.31. The summed E-state index contributed by atoms with van der Waals surface area (Å²) in [5.74, 6) is -0.263. The van der Waals surface area contributed by atoms with Gasteiger partial charge in [-0.05, 0) is 38.1 Å². The van der Waals surface area contributed by atoms with Crippen LogP contribution < -0.4 is 5.32 Å². The Bertz CT molecular complexity index is 991. The van der Waals surface area contributed by atoms with Gasteiger partial charge in [0.15, 0.2) is 5.69 Å². The molecule has 1 N–H and O–H groups in total. The number of hydrogen-bond acceptors (Lipinski definition) is 2. The highest BCUT2D eigenvalue weighted by molar-refractivity contribution is 6.32. The summed E-state index contributed by atoms with van der Waals surface area (Å²) in [6.45, 7) is 7.69. The van der Waals surface area contributed by atoms with E-state index < -0.39 is 0 Å². The zero-order valence-electron chi connectivity index (χ0n) is 15.0. The number of aromatic nitrogens is 2.